The number of ether oxygens (including phenoxy) is 1. The number of hydrogen-bond acceptors (Lipinski definition) is 6. The van der Waals surface area contributed by atoms with Crippen LogP contribution in [0.4, 0.5) is 20.3 Å². The Hall–Kier alpha value is -4.31. The molecule has 2 aromatic heterocycles. The number of anilines is 2. The van der Waals surface area contributed by atoms with E-state index in [9.17, 15) is 17.2 Å². The molecule has 36 heavy (non-hydrogen) atoms. The van der Waals surface area contributed by atoms with Gasteiger partial charge in [-0.05, 0) is 71.5 Å². The van der Waals surface area contributed by atoms with Gasteiger partial charge in [0.2, 0.25) is 0 Å². The molecule has 0 saturated heterocycles. The van der Waals surface area contributed by atoms with Gasteiger partial charge in [-0.2, -0.15) is 0 Å². The van der Waals surface area contributed by atoms with Crippen LogP contribution in [-0.4, -0.2) is 25.7 Å². The average Bonchev–Trinajstić information content (AvgIpc) is 3.37. The van der Waals surface area contributed by atoms with E-state index in [-0.39, 0.29) is 27.7 Å². The Kier molecular flexibility index (Phi) is 5.89. The summed E-state index contributed by atoms with van der Waals surface area (Å²) in [6, 6.07) is 14.1. The van der Waals surface area contributed by atoms with Crippen molar-refractivity contribution >= 4 is 32.3 Å². The van der Waals surface area contributed by atoms with Crippen LogP contribution in [-0.2, 0) is 10.0 Å². The van der Waals surface area contributed by atoms with Gasteiger partial charge in [0.05, 0.1) is 12.0 Å². The van der Waals surface area contributed by atoms with E-state index in [0.29, 0.717) is 16.5 Å². The Bertz CT molecular complexity index is 1670. The molecule has 0 aliphatic rings. The molecule has 0 amide bonds. The van der Waals surface area contributed by atoms with E-state index in [0.717, 1.165) is 15.8 Å². The van der Waals surface area contributed by atoms with E-state index in [2.05, 4.69) is 10.1 Å². The van der Waals surface area contributed by atoms with Crippen LogP contribution in [0.3, 0.4) is 0 Å². The topological polar surface area (TPSA) is 85.5 Å². The van der Waals surface area contributed by atoms with Crippen molar-refractivity contribution in [1.82, 2.24) is 10.1 Å². The second kappa shape index (κ2) is 9.04. The van der Waals surface area contributed by atoms with E-state index < -0.39 is 21.7 Å². The molecule has 7 nitrogen and oxygen atoms in total. The molecule has 182 valence electrons. The van der Waals surface area contributed by atoms with Gasteiger partial charge < -0.3 is 9.26 Å². The van der Waals surface area contributed by atoms with Crippen molar-refractivity contribution in [2.45, 2.75) is 11.8 Å². The maximum atomic E-state index is 14.0. The summed E-state index contributed by atoms with van der Waals surface area (Å²) in [5.41, 5.74) is 1.47. The van der Waals surface area contributed by atoms with Crippen LogP contribution in [0.1, 0.15) is 5.56 Å². The minimum atomic E-state index is -4.22. The van der Waals surface area contributed by atoms with Crippen molar-refractivity contribution in [2.24, 2.45) is 0 Å². The Labute approximate surface area is 205 Å². The number of aromatic nitrogens is 2. The van der Waals surface area contributed by atoms with Crippen molar-refractivity contribution < 1.29 is 26.5 Å². The lowest BCUT2D eigenvalue weighted by molar-refractivity contribution is 0.414. The first-order valence-electron chi connectivity index (χ1n) is 10.7. The molecule has 5 rings (SSSR count). The number of hydrogen-bond donors (Lipinski definition) is 0. The highest BCUT2D eigenvalue weighted by atomic mass is 32.2. The average molecular weight is 508 g/mol. The molecule has 2 heterocycles. The minimum Gasteiger partial charge on any atom is -0.495 e. The zero-order valence-electron chi connectivity index (χ0n) is 19.1. The van der Waals surface area contributed by atoms with E-state index in [1.165, 1.54) is 43.7 Å². The lowest BCUT2D eigenvalue weighted by atomic mass is 9.99. The van der Waals surface area contributed by atoms with E-state index >= 15 is 0 Å². The van der Waals surface area contributed by atoms with Crippen molar-refractivity contribution in [1.29, 1.82) is 0 Å². The van der Waals surface area contributed by atoms with Gasteiger partial charge in [0.15, 0.2) is 5.82 Å². The predicted molar refractivity (Wildman–Crippen MR) is 131 cm³/mol. The molecule has 0 bridgehead atoms. The summed E-state index contributed by atoms with van der Waals surface area (Å²) in [5, 5.41) is 5.34. The standard InChI is InChI=1S/C26H19F2N3O4S/c1-16-9-24(25(34-2)14-23(16)19-10-20(27)13-21(28)11-19)31(26-6-8-35-30-26)36(32,33)22-4-3-18-15-29-7-5-17(18)12-22/h3-15H,1-2H3. The molecule has 5 aromatic rings. The Morgan fingerprint density at radius 2 is 1.72 bits per heavy atom. The minimum absolute atomic E-state index is 0.00655. The lowest BCUT2D eigenvalue weighted by Gasteiger charge is -2.25. The summed E-state index contributed by atoms with van der Waals surface area (Å²) in [6.07, 6.45) is 4.48. The highest BCUT2D eigenvalue weighted by Gasteiger charge is 2.32. The highest BCUT2D eigenvalue weighted by molar-refractivity contribution is 7.93. The number of pyridine rings is 1. The highest BCUT2D eigenvalue weighted by Crippen LogP contribution is 2.42. The number of sulfonamides is 1. The van der Waals surface area contributed by atoms with Crippen molar-refractivity contribution in [3.8, 4) is 16.9 Å². The van der Waals surface area contributed by atoms with Crippen LogP contribution >= 0.6 is 0 Å². The predicted octanol–water partition coefficient (Wildman–Crippen LogP) is 6.01. The first-order chi connectivity index (χ1) is 17.3. The van der Waals surface area contributed by atoms with Gasteiger partial charge in [-0.1, -0.05) is 11.2 Å². The fraction of sp³-hybridized carbons (Fsp3) is 0.0769. The summed E-state index contributed by atoms with van der Waals surface area (Å²) in [7, 11) is -2.84. The Morgan fingerprint density at radius 1 is 0.944 bits per heavy atom. The number of rotatable bonds is 6. The van der Waals surface area contributed by atoms with Gasteiger partial charge in [-0.3, -0.25) is 4.98 Å². The molecular formula is C26H19F2N3O4S. The zero-order chi connectivity index (χ0) is 25.4. The summed E-state index contributed by atoms with van der Waals surface area (Å²) < 4.78 is 67.2. The van der Waals surface area contributed by atoms with E-state index in [1.807, 2.05) is 0 Å². The second-order valence-corrected chi connectivity index (χ2v) is 9.80. The van der Waals surface area contributed by atoms with Crippen LogP contribution in [0.5, 0.6) is 5.75 Å². The van der Waals surface area contributed by atoms with Crippen molar-refractivity contribution in [3.63, 3.8) is 0 Å². The smallest absolute Gasteiger partial charge is 0.270 e. The van der Waals surface area contributed by atoms with Gasteiger partial charge in [0.25, 0.3) is 10.0 Å². The number of aryl methyl sites for hydroxylation is 1. The molecule has 0 aliphatic carbocycles. The molecule has 0 N–H and O–H groups in total. The van der Waals surface area contributed by atoms with Gasteiger partial charge >= 0.3 is 0 Å². The first kappa shape index (κ1) is 23.4. The quantitative estimate of drug-likeness (QED) is 0.280. The number of benzene rings is 3. The fourth-order valence-corrected chi connectivity index (χ4v) is 5.50. The third-order valence-electron chi connectivity index (χ3n) is 5.70. The molecule has 0 unspecified atom stereocenters. The van der Waals surface area contributed by atoms with Crippen LogP contribution in [0.2, 0.25) is 0 Å². The molecule has 10 heteroatoms. The molecule has 0 aliphatic heterocycles. The molecule has 0 atom stereocenters. The summed E-state index contributed by atoms with van der Waals surface area (Å²) in [5.74, 6) is -1.31. The molecule has 0 radical (unpaired) electrons. The maximum absolute atomic E-state index is 14.0. The maximum Gasteiger partial charge on any atom is 0.270 e. The first-order valence-corrected chi connectivity index (χ1v) is 12.2. The number of halogens is 2. The molecular weight excluding hydrogens is 488 g/mol. The Morgan fingerprint density at radius 3 is 2.42 bits per heavy atom. The molecule has 0 saturated carbocycles. The number of fused-ring (bicyclic) bond motifs is 1. The summed E-state index contributed by atoms with van der Waals surface area (Å²) in [4.78, 5) is 4.07. The molecule has 3 aromatic carbocycles. The van der Waals surface area contributed by atoms with Crippen molar-refractivity contribution in [3.05, 3.63) is 96.5 Å². The summed E-state index contributed by atoms with van der Waals surface area (Å²) in [6.45, 7) is 1.71. The van der Waals surface area contributed by atoms with E-state index in [1.54, 1.807) is 43.6 Å². The fourth-order valence-electron chi connectivity index (χ4n) is 4.03. The Balaban J connectivity index is 1.71. The van der Waals surface area contributed by atoms with Crippen LogP contribution in [0.15, 0.2) is 88.7 Å². The SMILES string of the molecule is COc1cc(-c2cc(F)cc(F)c2)c(C)cc1N(c1ccon1)S(=O)(=O)c1ccc2cnccc2c1. The van der Waals surface area contributed by atoms with Crippen LogP contribution < -0.4 is 9.04 Å². The third-order valence-corrected chi connectivity index (χ3v) is 7.41. The molecule has 0 spiro atoms. The van der Waals surface area contributed by atoms with Crippen LogP contribution in [0.25, 0.3) is 21.9 Å². The monoisotopic (exact) mass is 507 g/mol. The van der Waals surface area contributed by atoms with Gasteiger partial charge in [0.1, 0.15) is 29.3 Å². The van der Waals surface area contributed by atoms with Gasteiger partial charge in [-0.25, -0.2) is 21.5 Å². The van der Waals surface area contributed by atoms with Gasteiger partial charge in [-0.15, -0.1) is 0 Å². The largest absolute Gasteiger partial charge is 0.495 e. The third kappa shape index (κ3) is 4.16. The lowest BCUT2D eigenvalue weighted by Crippen LogP contribution is -2.27. The van der Waals surface area contributed by atoms with Gasteiger partial charge in [0, 0.05) is 29.9 Å². The van der Waals surface area contributed by atoms with Crippen molar-refractivity contribution in [2.75, 3.05) is 11.4 Å². The normalized spacial score (nSPS) is 11.6. The van der Waals surface area contributed by atoms with Crippen LogP contribution in [0, 0.1) is 18.6 Å². The number of methoxy groups -OCH3 is 1. The van der Waals surface area contributed by atoms with E-state index in [4.69, 9.17) is 9.26 Å². The number of nitrogens with zero attached hydrogens (tertiary/aromatic N) is 3. The second-order valence-electron chi connectivity index (χ2n) is 8.01. The summed E-state index contributed by atoms with van der Waals surface area (Å²) >= 11 is 0. The molecule has 0 fully saturated rings. The zero-order valence-corrected chi connectivity index (χ0v) is 20.0.